The smallest absolute Gasteiger partial charge is 0.252 e. The Bertz CT molecular complexity index is 604. The van der Waals surface area contributed by atoms with Crippen LogP contribution in [-0.4, -0.2) is 19.1 Å². The first kappa shape index (κ1) is 14.3. The second kappa shape index (κ2) is 6.91. The summed E-state index contributed by atoms with van der Waals surface area (Å²) < 4.78 is 18.5. The fourth-order valence-electron chi connectivity index (χ4n) is 1.63. The monoisotopic (exact) mass is 293 g/mol. The van der Waals surface area contributed by atoms with Crippen molar-refractivity contribution in [3.05, 3.63) is 64.9 Å². The van der Waals surface area contributed by atoms with Gasteiger partial charge in [-0.15, -0.1) is 0 Å². The molecule has 0 aliphatic heterocycles. The van der Waals surface area contributed by atoms with E-state index in [0.717, 1.165) is 0 Å². The number of ether oxygens (including phenoxy) is 1. The summed E-state index contributed by atoms with van der Waals surface area (Å²) in [5, 5.41) is 3.05. The summed E-state index contributed by atoms with van der Waals surface area (Å²) in [6, 6.07) is 12.9. The Morgan fingerprint density at radius 3 is 2.60 bits per heavy atom. The number of halogens is 2. The summed E-state index contributed by atoms with van der Waals surface area (Å²) in [6.45, 7) is 0.440. The van der Waals surface area contributed by atoms with E-state index in [0.29, 0.717) is 10.6 Å². The zero-order valence-electron chi connectivity index (χ0n) is 10.6. The van der Waals surface area contributed by atoms with Crippen LogP contribution in [0.4, 0.5) is 4.39 Å². The predicted molar refractivity (Wildman–Crippen MR) is 75.7 cm³/mol. The molecule has 3 nitrogen and oxygen atoms in total. The molecule has 0 aromatic heterocycles. The second-order valence-electron chi connectivity index (χ2n) is 4.01. The lowest BCUT2D eigenvalue weighted by Crippen LogP contribution is -2.28. The van der Waals surface area contributed by atoms with Gasteiger partial charge in [-0.25, -0.2) is 4.39 Å². The Balaban J connectivity index is 1.81. The number of amides is 1. The number of carbonyl (C=O) groups is 1. The Kier molecular flexibility index (Phi) is 4.96. The Morgan fingerprint density at radius 2 is 1.85 bits per heavy atom. The summed E-state index contributed by atoms with van der Waals surface area (Å²) in [6.07, 6.45) is 0. The van der Waals surface area contributed by atoms with Crippen LogP contribution in [0.2, 0.25) is 5.02 Å². The lowest BCUT2D eigenvalue weighted by molar-refractivity contribution is 0.0947. The molecule has 0 bridgehead atoms. The molecular weight excluding hydrogens is 281 g/mol. The first-order chi connectivity index (χ1) is 9.68. The maximum absolute atomic E-state index is 13.3. The lowest BCUT2D eigenvalue weighted by Gasteiger charge is -2.09. The number of hydrogen-bond donors (Lipinski definition) is 1. The predicted octanol–water partition coefficient (Wildman–Crippen LogP) is 3.29. The van der Waals surface area contributed by atoms with Gasteiger partial charge in [-0.05, 0) is 24.3 Å². The van der Waals surface area contributed by atoms with Crippen molar-refractivity contribution < 1.29 is 13.9 Å². The summed E-state index contributed by atoms with van der Waals surface area (Å²) in [5.41, 5.74) is 0.403. The zero-order chi connectivity index (χ0) is 14.4. The van der Waals surface area contributed by atoms with E-state index < -0.39 is 5.82 Å². The first-order valence-electron chi connectivity index (χ1n) is 6.08. The van der Waals surface area contributed by atoms with Crippen LogP contribution in [0.1, 0.15) is 10.4 Å². The van der Waals surface area contributed by atoms with Gasteiger partial charge in [-0.1, -0.05) is 35.9 Å². The number of carbonyl (C=O) groups excluding carboxylic acids is 1. The molecule has 0 fully saturated rings. The van der Waals surface area contributed by atoms with Gasteiger partial charge in [0, 0.05) is 0 Å². The van der Waals surface area contributed by atoms with E-state index in [1.54, 1.807) is 36.4 Å². The van der Waals surface area contributed by atoms with Gasteiger partial charge in [-0.3, -0.25) is 4.79 Å². The van der Waals surface area contributed by atoms with Crippen LogP contribution >= 0.6 is 11.6 Å². The third-order valence-electron chi connectivity index (χ3n) is 2.60. The maximum Gasteiger partial charge on any atom is 0.252 e. The van der Waals surface area contributed by atoms with Gasteiger partial charge in [0.05, 0.1) is 17.1 Å². The van der Waals surface area contributed by atoms with Crippen molar-refractivity contribution in [3.8, 4) is 5.75 Å². The fourth-order valence-corrected chi connectivity index (χ4v) is 1.85. The van der Waals surface area contributed by atoms with E-state index in [4.69, 9.17) is 16.3 Å². The standard InChI is InChI=1S/C15H13ClFNO2/c16-12-6-2-1-5-11(12)15(19)18-9-10-20-14-8-4-3-7-13(14)17/h1-8H,9-10H2,(H,18,19). The van der Waals surface area contributed by atoms with Gasteiger partial charge in [-0.2, -0.15) is 0 Å². The van der Waals surface area contributed by atoms with E-state index in [9.17, 15) is 9.18 Å². The third-order valence-corrected chi connectivity index (χ3v) is 2.93. The van der Waals surface area contributed by atoms with E-state index in [2.05, 4.69) is 5.32 Å². The SMILES string of the molecule is O=C(NCCOc1ccccc1F)c1ccccc1Cl. The van der Waals surface area contributed by atoms with Crippen LogP contribution in [0.5, 0.6) is 5.75 Å². The maximum atomic E-state index is 13.3. The molecule has 0 heterocycles. The summed E-state index contributed by atoms with van der Waals surface area (Å²) in [4.78, 5) is 11.8. The molecule has 0 saturated carbocycles. The number of para-hydroxylation sites is 1. The van der Waals surface area contributed by atoms with Gasteiger partial charge in [0.15, 0.2) is 11.6 Å². The van der Waals surface area contributed by atoms with Crippen molar-refractivity contribution in [1.82, 2.24) is 5.32 Å². The fraction of sp³-hybridized carbons (Fsp3) is 0.133. The molecular formula is C15H13ClFNO2. The summed E-state index contributed by atoms with van der Waals surface area (Å²) in [5.74, 6) is -0.544. The van der Waals surface area contributed by atoms with Crippen molar-refractivity contribution in [2.45, 2.75) is 0 Å². The summed E-state index contributed by atoms with van der Waals surface area (Å²) in [7, 11) is 0. The van der Waals surface area contributed by atoms with Crippen molar-refractivity contribution in [2.75, 3.05) is 13.2 Å². The minimum absolute atomic E-state index is 0.166. The molecule has 1 amide bonds. The zero-order valence-corrected chi connectivity index (χ0v) is 11.4. The molecule has 2 aromatic carbocycles. The average molecular weight is 294 g/mol. The molecule has 0 saturated heterocycles. The Morgan fingerprint density at radius 1 is 1.15 bits per heavy atom. The number of rotatable bonds is 5. The Hall–Kier alpha value is -2.07. The van der Waals surface area contributed by atoms with Crippen molar-refractivity contribution in [3.63, 3.8) is 0 Å². The highest BCUT2D eigenvalue weighted by atomic mass is 35.5. The van der Waals surface area contributed by atoms with Crippen molar-refractivity contribution in [1.29, 1.82) is 0 Å². The molecule has 0 atom stereocenters. The molecule has 2 aromatic rings. The highest BCUT2D eigenvalue weighted by Crippen LogP contribution is 2.15. The molecule has 20 heavy (non-hydrogen) atoms. The number of nitrogens with one attached hydrogen (secondary N) is 1. The van der Waals surface area contributed by atoms with Crippen LogP contribution in [0.25, 0.3) is 0 Å². The molecule has 1 N–H and O–H groups in total. The van der Waals surface area contributed by atoms with E-state index in [-0.39, 0.29) is 24.8 Å². The first-order valence-corrected chi connectivity index (χ1v) is 6.46. The molecule has 104 valence electrons. The van der Waals surface area contributed by atoms with Crippen LogP contribution in [0.15, 0.2) is 48.5 Å². The highest BCUT2D eigenvalue weighted by Gasteiger charge is 2.08. The van der Waals surface area contributed by atoms with E-state index in [1.807, 2.05) is 0 Å². The minimum Gasteiger partial charge on any atom is -0.489 e. The van der Waals surface area contributed by atoms with Crippen LogP contribution in [0.3, 0.4) is 0 Å². The van der Waals surface area contributed by atoms with Crippen LogP contribution < -0.4 is 10.1 Å². The topological polar surface area (TPSA) is 38.3 Å². The summed E-state index contributed by atoms with van der Waals surface area (Å²) >= 11 is 5.91. The quantitative estimate of drug-likeness (QED) is 0.859. The normalized spacial score (nSPS) is 10.1. The van der Waals surface area contributed by atoms with Gasteiger partial charge < -0.3 is 10.1 Å². The minimum atomic E-state index is -0.426. The molecule has 5 heteroatoms. The van der Waals surface area contributed by atoms with Gasteiger partial charge in [0.1, 0.15) is 6.61 Å². The van der Waals surface area contributed by atoms with Crippen LogP contribution in [-0.2, 0) is 0 Å². The van der Waals surface area contributed by atoms with Gasteiger partial charge in [0.2, 0.25) is 0 Å². The molecule has 2 rings (SSSR count). The lowest BCUT2D eigenvalue weighted by atomic mass is 10.2. The highest BCUT2D eigenvalue weighted by molar-refractivity contribution is 6.33. The Labute approximate surface area is 121 Å². The van der Waals surface area contributed by atoms with Crippen molar-refractivity contribution >= 4 is 17.5 Å². The number of benzene rings is 2. The van der Waals surface area contributed by atoms with E-state index >= 15 is 0 Å². The van der Waals surface area contributed by atoms with Crippen LogP contribution in [0, 0.1) is 5.82 Å². The number of hydrogen-bond acceptors (Lipinski definition) is 2. The average Bonchev–Trinajstić information content (AvgIpc) is 2.45. The molecule has 0 aliphatic carbocycles. The largest absolute Gasteiger partial charge is 0.489 e. The van der Waals surface area contributed by atoms with Gasteiger partial charge in [0.25, 0.3) is 5.91 Å². The molecule has 0 aliphatic rings. The molecule has 0 radical (unpaired) electrons. The van der Waals surface area contributed by atoms with Gasteiger partial charge >= 0.3 is 0 Å². The third kappa shape index (κ3) is 3.71. The molecule has 0 spiro atoms. The molecule has 0 unspecified atom stereocenters. The van der Waals surface area contributed by atoms with E-state index in [1.165, 1.54) is 12.1 Å². The second-order valence-corrected chi connectivity index (χ2v) is 4.42. The van der Waals surface area contributed by atoms with Crippen molar-refractivity contribution in [2.24, 2.45) is 0 Å².